The molecule has 200 valence electrons. The molecule has 2 atom stereocenters. The number of hydrogen-bond acceptors (Lipinski definition) is 4. The van der Waals surface area contributed by atoms with Crippen LogP contribution in [0.15, 0.2) is 114 Å². The van der Waals surface area contributed by atoms with E-state index in [0.29, 0.717) is 21.8 Å². The average Bonchev–Trinajstić information content (AvgIpc) is 2.93. The maximum atomic E-state index is 13.1. The lowest BCUT2D eigenvalue weighted by molar-refractivity contribution is 0.232. The van der Waals surface area contributed by atoms with Gasteiger partial charge in [0.25, 0.3) is 10.0 Å². The molecule has 4 amide bonds. The lowest BCUT2D eigenvalue weighted by Gasteiger charge is -2.30. The van der Waals surface area contributed by atoms with Crippen LogP contribution in [0.1, 0.15) is 28.8 Å². The van der Waals surface area contributed by atoms with Crippen molar-refractivity contribution in [3.8, 4) is 0 Å². The van der Waals surface area contributed by atoms with Crippen LogP contribution in [-0.4, -0.2) is 20.5 Å². The number of nitrogens with one attached hydrogen (secondary N) is 4. The van der Waals surface area contributed by atoms with Gasteiger partial charge in [-0.05, 0) is 54.4 Å². The second-order valence-corrected chi connectivity index (χ2v) is 10.9. The van der Waals surface area contributed by atoms with Gasteiger partial charge in [0.2, 0.25) is 0 Å². The summed E-state index contributed by atoms with van der Waals surface area (Å²) >= 11 is 5.94. The van der Waals surface area contributed by atoms with E-state index in [-0.39, 0.29) is 4.90 Å². The Morgan fingerprint density at radius 3 is 1.67 bits per heavy atom. The summed E-state index contributed by atoms with van der Waals surface area (Å²) in [5, 5.41) is 8.97. The Balaban J connectivity index is 1.62. The zero-order valence-electron chi connectivity index (χ0n) is 21.0. The predicted octanol–water partition coefficient (Wildman–Crippen LogP) is 5.94. The molecule has 0 fully saturated rings. The topological polar surface area (TPSA) is 116 Å². The second kappa shape index (κ2) is 12.5. The van der Waals surface area contributed by atoms with E-state index in [0.717, 1.165) is 5.56 Å². The summed E-state index contributed by atoms with van der Waals surface area (Å²) in [4.78, 5) is 26.1. The molecule has 0 aromatic heterocycles. The van der Waals surface area contributed by atoms with Crippen molar-refractivity contribution in [3.63, 3.8) is 0 Å². The van der Waals surface area contributed by atoms with E-state index >= 15 is 0 Å². The quantitative estimate of drug-likeness (QED) is 0.213. The number of anilines is 1. The molecule has 4 rings (SSSR count). The summed E-state index contributed by atoms with van der Waals surface area (Å²) in [6, 6.07) is 27.8. The van der Waals surface area contributed by atoms with Crippen molar-refractivity contribution in [2.24, 2.45) is 0 Å². The summed E-state index contributed by atoms with van der Waals surface area (Å²) in [5.41, 5.74) is 2.76. The van der Waals surface area contributed by atoms with Crippen molar-refractivity contribution in [1.29, 1.82) is 0 Å². The van der Waals surface area contributed by atoms with Crippen LogP contribution >= 0.6 is 11.6 Å². The lowest BCUT2D eigenvalue weighted by atomic mass is 9.93. The standard InChI is InChI=1S/C29H27ClN4O4S/c1-20-12-18-25(19-13-20)39(37,38)34-29(36)33-27(22-10-6-3-7-11-22)26(21-8-4-2-5-9-21)32-28(35)31-24-16-14-23(30)15-17-24/h2-19,26-27H,1H3,(H2,31,32,35)(H2,33,34,36). The summed E-state index contributed by atoms with van der Waals surface area (Å²) in [6.45, 7) is 1.83. The van der Waals surface area contributed by atoms with Crippen LogP contribution in [0, 0.1) is 6.92 Å². The summed E-state index contributed by atoms with van der Waals surface area (Å²) in [5.74, 6) is 0. The molecule has 0 aliphatic heterocycles. The third-order valence-electron chi connectivity index (χ3n) is 5.88. The van der Waals surface area contributed by atoms with Crippen molar-refractivity contribution in [3.05, 3.63) is 131 Å². The van der Waals surface area contributed by atoms with Gasteiger partial charge in [-0.25, -0.2) is 22.7 Å². The molecular weight excluding hydrogens is 536 g/mol. The molecule has 4 aromatic rings. The smallest absolute Gasteiger partial charge is 0.329 e. The molecule has 0 saturated heterocycles. The molecule has 4 N–H and O–H groups in total. The van der Waals surface area contributed by atoms with Gasteiger partial charge in [0.1, 0.15) is 0 Å². The van der Waals surface area contributed by atoms with E-state index < -0.39 is 34.2 Å². The van der Waals surface area contributed by atoms with Crippen LogP contribution in [0.25, 0.3) is 0 Å². The minimum absolute atomic E-state index is 0.0420. The zero-order valence-corrected chi connectivity index (χ0v) is 22.5. The van der Waals surface area contributed by atoms with E-state index in [1.54, 1.807) is 60.7 Å². The second-order valence-electron chi connectivity index (χ2n) is 8.77. The Kier molecular flexibility index (Phi) is 8.85. The molecule has 10 heteroatoms. The van der Waals surface area contributed by atoms with Crippen LogP contribution in [0.3, 0.4) is 0 Å². The molecule has 0 saturated carbocycles. The monoisotopic (exact) mass is 562 g/mol. The van der Waals surface area contributed by atoms with Gasteiger partial charge in [-0.1, -0.05) is 90.0 Å². The van der Waals surface area contributed by atoms with Gasteiger partial charge in [0, 0.05) is 10.7 Å². The Bertz CT molecular complexity index is 1520. The van der Waals surface area contributed by atoms with Gasteiger partial charge in [0.05, 0.1) is 17.0 Å². The molecule has 39 heavy (non-hydrogen) atoms. The van der Waals surface area contributed by atoms with Gasteiger partial charge >= 0.3 is 12.1 Å². The third kappa shape index (κ3) is 7.59. The number of aryl methyl sites for hydroxylation is 1. The van der Waals surface area contributed by atoms with Crippen molar-refractivity contribution < 1.29 is 18.0 Å². The molecule has 0 bridgehead atoms. The lowest BCUT2D eigenvalue weighted by Crippen LogP contribution is -2.46. The van der Waals surface area contributed by atoms with Gasteiger partial charge in [0.15, 0.2) is 0 Å². The number of carbonyl (C=O) groups excluding carboxylic acids is 2. The van der Waals surface area contributed by atoms with Crippen LogP contribution < -0.4 is 20.7 Å². The molecule has 0 heterocycles. The first kappa shape index (κ1) is 27.7. The number of hydrogen-bond donors (Lipinski definition) is 4. The SMILES string of the molecule is Cc1ccc(S(=O)(=O)NC(=O)NC(c2ccccc2)C(NC(=O)Nc2ccc(Cl)cc2)c2ccccc2)cc1. The molecule has 0 aliphatic carbocycles. The fourth-order valence-electron chi connectivity index (χ4n) is 3.95. The van der Waals surface area contributed by atoms with Gasteiger partial charge in [-0.2, -0.15) is 0 Å². The number of halogens is 1. The van der Waals surface area contributed by atoms with Gasteiger partial charge < -0.3 is 16.0 Å². The van der Waals surface area contributed by atoms with E-state index in [2.05, 4.69) is 20.7 Å². The Labute approximate surface area is 232 Å². The fourth-order valence-corrected chi connectivity index (χ4v) is 4.99. The first-order valence-electron chi connectivity index (χ1n) is 12.0. The number of amides is 4. The molecule has 0 spiro atoms. The highest BCUT2D eigenvalue weighted by Crippen LogP contribution is 2.29. The largest absolute Gasteiger partial charge is 0.329 e. The highest BCUT2D eigenvalue weighted by atomic mass is 35.5. The van der Waals surface area contributed by atoms with E-state index in [1.807, 2.05) is 43.3 Å². The summed E-state index contributed by atoms with van der Waals surface area (Å²) < 4.78 is 27.8. The summed E-state index contributed by atoms with van der Waals surface area (Å²) in [7, 11) is -4.13. The van der Waals surface area contributed by atoms with Crippen molar-refractivity contribution in [1.82, 2.24) is 15.4 Å². The molecule has 4 aromatic carbocycles. The molecule has 2 unspecified atom stereocenters. The van der Waals surface area contributed by atoms with Gasteiger partial charge in [-0.3, -0.25) is 0 Å². The third-order valence-corrected chi connectivity index (χ3v) is 7.48. The van der Waals surface area contributed by atoms with E-state index in [1.165, 1.54) is 12.1 Å². The minimum atomic E-state index is -4.13. The van der Waals surface area contributed by atoms with E-state index in [9.17, 15) is 18.0 Å². The number of sulfonamides is 1. The van der Waals surface area contributed by atoms with Gasteiger partial charge in [-0.15, -0.1) is 0 Å². The summed E-state index contributed by atoms with van der Waals surface area (Å²) in [6.07, 6.45) is 0. The highest BCUT2D eigenvalue weighted by Gasteiger charge is 2.29. The highest BCUT2D eigenvalue weighted by molar-refractivity contribution is 7.90. The first-order valence-corrected chi connectivity index (χ1v) is 13.9. The molecular formula is C29H27ClN4O4S. The normalized spacial score (nSPS) is 12.6. The maximum absolute atomic E-state index is 13.1. The number of urea groups is 2. The van der Waals surface area contributed by atoms with E-state index in [4.69, 9.17) is 11.6 Å². The minimum Gasteiger partial charge on any atom is -0.329 e. The predicted molar refractivity (Wildman–Crippen MR) is 152 cm³/mol. The van der Waals surface area contributed by atoms with Crippen LogP contribution in [0.5, 0.6) is 0 Å². The number of carbonyl (C=O) groups is 2. The average molecular weight is 563 g/mol. The van der Waals surface area contributed by atoms with Crippen molar-refractivity contribution in [2.75, 3.05) is 5.32 Å². The first-order chi connectivity index (χ1) is 18.7. The van der Waals surface area contributed by atoms with Crippen molar-refractivity contribution in [2.45, 2.75) is 23.9 Å². The maximum Gasteiger partial charge on any atom is 0.329 e. The Hall–Kier alpha value is -4.34. The van der Waals surface area contributed by atoms with Crippen LogP contribution in [0.2, 0.25) is 5.02 Å². The Morgan fingerprint density at radius 2 is 1.15 bits per heavy atom. The number of benzene rings is 4. The molecule has 8 nitrogen and oxygen atoms in total. The van der Waals surface area contributed by atoms with Crippen LogP contribution in [0.4, 0.5) is 15.3 Å². The number of rotatable bonds is 8. The Morgan fingerprint density at radius 1 is 0.667 bits per heavy atom. The molecule has 0 radical (unpaired) electrons. The van der Waals surface area contributed by atoms with Crippen LogP contribution in [-0.2, 0) is 10.0 Å². The van der Waals surface area contributed by atoms with Crippen molar-refractivity contribution >= 4 is 39.4 Å². The fraction of sp³-hybridized carbons (Fsp3) is 0.103. The molecule has 0 aliphatic rings. The zero-order chi connectivity index (χ0) is 27.8.